The molecule has 0 atom stereocenters. The lowest BCUT2D eigenvalue weighted by Gasteiger charge is -2.34. The number of allylic oxidation sites excluding steroid dienone is 3. The topological polar surface area (TPSA) is 23.5 Å². The maximum Gasteiger partial charge on any atom is 0.116 e. The molecule has 0 saturated carbocycles. The molecule has 1 aromatic rings. The molecule has 0 aromatic heterocycles. The normalized spacial score (nSPS) is 18.2. The third-order valence-corrected chi connectivity index (χ3v) is 3.69. The average Bonchev–Trinajstić information content (AvgIpc) is 2.31. The predicted octanol–water partition coefficient (Wildman–Crippen LogP) is 3.69. The summed E-state index contributed by atoms with van der Waals surface area (Å²) in [6, 6.07) is 7.53. The van der Waals surface area contributed by atoms with Crippen LogP contribution in [0.1, 0.15) is 25.8 Å². The molecule has 1 aliphatic carbocycles. The Morgan fingerprint density at radius 1 is 1.26 bits per heavy atom. The van der Waals surface area contributed by atoms with E-state index in [9.17, 15) is 5.11 Å². The summed E-state index contributed by atoms with van der Waals surface area (Å²) >= 11 is 0. The summed E-state index contributed by atoms with van der Waals surface area (Å²) < 4.78 is 0. The van der Waals surface area contributed by atoms with Gasteiger partial charge in [0.2, 0.25) is 0 Å². The Bertz CT molecular complexity index is 524. The molecular weight excluding hydrogens is 234 g/mol. The van der Waals surface area contributed by atoms with E-state index in [1.807, 2.05) is 12.1 Å². The van der Waals surface area contributed by atoms with Crippen LogP contribution < -0.4 is 0 Å². The summed E-state index contributed by atoms with van der Waals surface area (Å²) in [6.45, 7) is 5.53. The third kappa shape index (κ3) is 3.07. The van der Waals surface area contributed by atoms with Crippen molar-refractivity contribution in [1.29, 1.82) is 0 Å². The molecule has 0 bridgehead atoms. The van der Waals surface area contributed by atoms with E-state index >= 15 is 0 Å². The number of aromatic hydroxyl groups is 1. The average molecular weight is 257 g/mol. The molecule has 2 heteroatoms. The van der Waals surface area contributed by atoms with Gasteiger partial charge in [0.1, 0.15) is 5.75 Å². The smallest absolute Gasteiger partial charge is 0.116 e. The minimum Gasteiger partial charge on any atom is -0.508 e. The van der Waals surface area contributed by atoms with Crippen LogP contribution in [-0.2, 0) is 0 Å². The first-order chi connectivity index (χ1) is 8.90. The van der Waals surface area contributed by atoms with E-state index in [1.165, 1.54) is 11.1 Å². The number of rotatable bonds is 3. The van der Waals surface area contributed by atoms with E-state index in [2.05, 4.69) is 51.1 Å². The van der Waals surface area contributed by atoms with Gasteiger partial charge in [-0.25, -0.2) is 0 Å². The third-order valence-electron chi connectivity index (χ3n) is 3.69. The summed E-state index contributed by atoms with van der Waals surface area (Å²) in [4.78, 5) is 2.21. The number of hydrogen-bond donors (Lipinski definition) is 1. The van der Waals surface area contributed by atoms with Crippen molar-refractivity contribution in [1.82, 2.24) is 4.90 Å². The molecule has 0 fully saturated rings. The molecule has 2 nitrogen and oxygen atoms in total. The van der Waals surface area contributed by atoms with Crippen molar-refractivity contribution in [3.8, 4) is 5.75 Å². The first-order valence-corrected chi connectivity index (χ1v) is 6.74. The lowest BCUT2D eigenvalue weighted by atomic mass is 9.74. The van der Waals surface area contributed by atoms with Crippen LogP contribution in [0.15, 0.2) is 42.0 Å². The summed E-state index contributed by atoms with van der Waals surface area (Å²) in [6.07, 6.45) is 5.50. The van der Waals surface area contributed by atoms with Gasteiger partial charge in [-0.15, -0.1) is 0 Å². The number of phenols is 1. The first kappa shape index (κ1) is 13.9. The highest BCUT2D eigenvalue weighted by atomic mass is 16.3. The van der Waals surface area contributed by atoms with Crippen LogP contribution in [0.2, 0.25) is 0 Å². The van der Waals surface area contributed by atoms with Crippen molar-refractivity contribution >= 4 is 5.57 Å². The zero-order valence-corrected chi connectivity index (χ0v) is 12.3. The van der Waals surface area contributed by atoms with Gasteiger partial charge in [-0.3, -0.25) is 0 Å². The molecule has 0 radical (unpaired) electrons. The van der Waals surface area contributed by atoms with Crippen LogP contribution in [0, 0.1) is 5.41 Å². The monoisotopic (exact) mass is 257 g/mol. The minimum atomic E-state index is 0.166. The van der Waals surface area contributed by atoms with Crippen LogP contribution in [0.25, 0.3) is 5.57 Å². The maximum atomic E-state index is 9.68. The second kappa shape index (κ2) is 5.22. The van der Waals surface area contributed by atoms with Gasteiger partial charge in [-0.1, -0.05) is 38.1 Å². The Morgan fingerprint density at radius 3 is 2.63 bits per heavy atom. The number of hydrogen-bond acceptors (Lipinski definition) is 2. The van der Waals surface area contributed by atoms with Gasteiger partial charge >= 0.3 is 0 Å². The molecule has 0 heterocycles. The Labute approximate surface area is 116 Å². The van der Waals surface area contributed by atoms with Crippen molar-refractivity contribution in [2.45, 2.75) is 20.3 Å². The SMILES string of the molecule is CN(C)CC1=C(c2cccc(O)c2)C=CCC1(C)C. The second-order valence-corrected chi connectivity index (χ2v) is 6.17. The zero-order chi connectivity index (χ0) is 14.0. The zero-order valence-electron chi connectivity index (χ0n) is 12.3. The van der Waals surface area contributed by atoms with Crippen molar-refractivity contribution in [3.05, 3.63) is 47.6 Å². The van der Waals surface area contributed by atoms with Crippen LogP contribution >= 0.6 is 0 Å². The van der Waals surface area contributed by atoms with Gasteiger partial charge in [0, 0.05) is 6.54 Å². The fourth-order valence-corrected chi connectivity index (χ4v) is 2.62. The van der Waals surface area contributed by atoms with E-state index in [1.54, 1.807) is 6.07 Å². The van der Waals surface area contributed by atoms with Crippen molar-refractivity contribution < 1.29 is 5.11 Å². The largest absolute Gasteiger partial charge is 0.508 e. The van der Waals surface area contributed by atoms with Crippen molar-refractivity contribution in [3.63, 3.8) is 0 Å². The number of phenolic OH excluding ortho intramolecular Hbond substituents is 1. The highest BCUT2D eigenvalue weighted by Crippen LogP contribution is 2.40. The summed E-state index contributed by atoms with van der Waals surface area (Å²) in [5.41, 5.74) is 3.95. The fraction of sp³-hybridized carbons (Fsp3) is 0.412. The Kier molecular flexibility index (Phi) is 3.81. The van der Waals surface area contributed by atoms with E-state index in [0.29, 0.717) is 5.75 Å². The predicted molar refractivity (Wildman–Crippen MR) is 81.1 cm³/mol. The van der Waals surface area contributed by atoms with Gasteiger partial charge in [-0.2, -0.15) is 0 Å². The Balaban J connectivity index is 2.53. The molecule has 1 N–H and O–H groups in total. The summed E-state index contributed by atoms with van der Waals surface area (Å²) in [5, 5.41) is 9.68. The molecule has 0 amide bonds. The lowest BCUT2D eigenvalue weighted by molar-refractivity contribution is 0.367. The minimum absolute atomic E-state index is 0.166. The first-order valence-electron chi connectivity index (χ1n) is 6.74. The lowest BCUT2D eigenvalue weighted by Crippen LogP contribution is -2.27. The molecule has 0 aliphatic heterocycles. The molecule has 102 valence electrons. The van der Waals surface area contributed by atoms with Crippen molar-refractivity contribution in [2.24, 2.45) is 5.41 Å². The number of nitrogens with zero attached hydrogens (tertiary/aromatic N) is 1. The van der Waals surface area contributed by atoms with Crippen LogP contribution in [0.3, 0.4) is 0 Å². The van der Waals surface area contributed by atoms with E-state index in [-0.39, 0.29) is 5.41 Å². The fourth-order valence-electron chi connectivity index (χ4n) is 2.62. The molecule has 2 rings (SSSR count). The van der Waals surface area contributed by atoms with Crippen LogP contribution in [0.4, 0.5) is 0 Å². The van der Waals surface area contributed by atoms with Gasteiger partial charge in [-0.05, 0) is 54.8 Å². The highest BCUT2D eigenvalue weighted by Gasteiger charge is 2.28. The van der Waals surface area contributed by atoms with E-state index in [0.717, 1.165) is 18.5 Å². The van der Waals surface area contributed by atoms with Gasteiger partial charge in [0.25, 0.3) is 0 Å². The summed E-state index contributed by atoms with van der Waals surface area (Å²) in [5.74, 6) is 0.325. The molecule has 0 spiro atoms. The van der Waals surface area contributed by atoms with Crippen LogP contribution in [-0.4, -0.2) is 30.6 Å². The number of benzene rings is 1. The molecule has 0 saturated heterocycles. The molecule has 19 heavy (non-hydrogen) atoms. The Hall–Kier alpha value is -1.54. The van der Waals surface area contributed by atoms with E-state index in [4.69, 9.17) is 0 Å². The van der Waals surface area contributed by atoms with Gasteiger partial charge in [0.15, 0.2) is 0 Å². The Morgan fingerprint density at radius 2 is 2.00 bits per heavy atom. The second-order valence-electron chi connectivity index (χ2n) is 6.17. The van der Waals surface area contributed by atoms with Crippen molar-refractivity contribution in [2.75, 3.05) is 20.6 Å². The van der Waals surface area contributed by atoms with Gasteiger partial charge < -0.3 is 10.0 Å². The molecule has 1 aliphatic rings. The molecule has 0 unspecified atom stereocenters. The number of likely N-dealkylation sites (N-methyl/N-ethyl adjacent to an activating group) is 1. The van der Waals surface area contributed by atoms with E-state index < -0.39 is 0 Å². The summed E-state index contributed by atoms with van der Waals surface area (Å²) in [7, 11) is 4.20. The maximum absolute atomic E-state index is 9.68. The van der Waals surface area contributed by atoms with Crippen LogP contribution in [0.5, 0.6) is 5.75 Å². The molecular formula is C17H23NO. The quantitative estimate of drug-likeness (QED) is 0.892. The molecule has 1 aromatic carbocycles. The van der Waals surface area contributed by atoms with Gasteiger partial charge in [0.05, 0.1) is 0 Å². The standard InChI is InChI=1S/C17H23NO/c1-17(2)10-6-9-15(16(17)12-18(3)4)13-7-5-8-14(19)11-13/h5-9,11,19H,10,12H2,1-4H3. The highest BCUT2D eigenvalue weighted by molar-refractivity contribution is 5.79.